The monoisotopic (exact) mass is 680 g/mol. The van der Waals surface area contributed by atoms with E-state index >= 15 is 0 Å². The van der Waals surface area contributed by atoms with Gasteiger partial charge in [0.25, 0.3) is 5.56 Å². The van der Waals surface area contributed by atoms with Gasteiger partial charge in [-0.05, 0) is 61.0 Å². The predicted molar refractivity (Wildman–Crippen MR) is 182 cm³/mol. The summed E-state index contributed by atoms with van der Waals surface area (Å²) in [5, 5.41) is 4.90. The van der Waals surface area contributed by atoms with E-state index in [1.165, 1.54) is 37.0 Å². The minimum Gasteiger partial charge on any atom is -0.493 e. The first-order valence-electron chi connectivity index (χ1n) is 15.0. The van der Waals surface area contributed by atoms with Crippen LogP contribution in [-0.2, 0) is 14.3 Å². The number of benzene rings is 3. The van der Waals surface area contributed by atoms with Gasteiger partial charge >= 0.3 is 11.9 Å². The van der Waals surface area contributed by atoms with Crippen LogP contribution in [0.3, 0.4) is 0 Å². The molecule has 3 heterocycles. The number of hydrogen-bond donors (Lipinski definition) is 0. The Morgan fingerprint density at radius 1 is 0.878 bits per heavy atom. The predicted octanol–water partition coefficient (Wildman–Crippen LogP) is 4.21. The smallest absolute Gasteiger partial charge is 0.338 e. The molecule has 0 N–H and O–H groups in total. The number of fused-ring (bicyclic) bond motifs is 1. The summed E-state index contributed by atoms with van der Waals surface area (Å²) < 4.78 is 30.5. The van der Waals surface area contributed by atoms with Crippen molar-refractivity contribution in [3.05, 3.63) is 115 Å². The van der Waals surface area contributed by atoms with Crippen LogP contribution in [0, 0.1) is 0 Å². The maximum Gasteiger partial charge on any atom is 0.338 e. The first-order chi connectivity index (χ1) is 23.7. The first-order valence-corrected chi connectivity index (χ1v) is 15.8. The van der Waals surface area contributed by atoms with Gasteiger partial charge in [-0.25, -0.2) is 14.5 Å². The lowest BCUT2D eigenvalue weighted by atomic mass is 9.95. The molecule has 5 aromatic rings. The van der Waals surface area contributed by atoms with Crippen molar-refractivity contribution in [1.82, 2.24) is 14.3 Å². The van der Waals surface area contributed by atoms with E-state index in [4.69, 9.17) is 28.8 Å². The SMILES string of the molecule is COC(=O)C1=C(C)N=c2s/c(=C\c3cn(-c4ccccc4)nc3-c3ccc(OC)c(OC)c3)c(=O)n2C1c1ccc(OC(C)=O)c(OC)c1. The molecule has 0 spiro atoms. The molecule has 1 aliphatic heterocycles. The van der Waals surface area contributed by atoms with Crippen LogP contribution in [0.2, 0.25) is 0 Å². The molecule has 1 atom stereocenters. The third-order valence-corrected chi connectivity index (χ3v) is 8.87. The molecule has 2 aromatic heterocycles. The second kappa shape index (κ2) is 13.6. The average molecular weight is 681 g/mol. The quantitative estimate of drug-likeness (QED) is 0.166. The van der Waals surface area contributed by atoms with Crippen LogP contribution < -0.4 is 33.8 Å². The number of allylic oxidation sites excluding steroid dienone is 1. The molecular formula is C36H32N4O8S. The lowest BCUT2D eigenvalue weighted by molar-refractivity contribution is -0.136. The van der Waals surface area contributed by atoms with Gasteiger partial charge in [0, 0.05) is 24.2 Å². The maximum absolute atomic E-state index is 14.4. The number of thiazole rings is 1. The third-order valence-electron chi connectivity index (χ3n) is 7.89. The zero-order chi connectivity index (χ0) is 34.8. The standard InChI is InChI=1S/C36H32N4O8S/c1-20-31(35(43)47-6)33(23-13-15-27(48-21(2)41)29(17-23)46-5)40-34(42)30(49-36(40)37-20)18-24-19-39(25-10-8-7-9-11-25)38-32(24)22-12-14-26(44-3)28(16-22)45-4/h7-19,33H,1-6H3/b30-18-. The van der Waals surface area contributed by atoms with Crippen molar-refractivity contribution >= 4 is 29.4 Å². The fraction of sp³-hybridized carbons (Fsp3) is 0.194. The molecule has 1 unspecified atom stereocenters. The average Bonchev–Trinajstić information content (AvgIpc) is 3.67. The van der Waals surface area contributed by atoms with Crippen LogP contribution in [0.15, 0.2) is 94.0 Å². The Morgan fingerprint density at radius 2 is 1.57 bits per heavy atom. The summed E-state index contributed by atoms with van der Waals surface area (Å²) in [5.74, 6) is 0.390. The molecule has 0 saturated heterocycles. The van der Waals surface area contributed by atoms with Crippen molar-refractivity contribution in [2.45, 2.75) is 19.9 Å². The number of para-hydroxylation sites is 1. The van der Waals surface area contributed by atoms with Gasteiger partial charge in [-0.1, -0.05) is 35.6 Å². The summed E-state index contributed by atoms with van der Waals surface area (Å²) >= 11 is 1.18. The van der Waals surface area contributed by atoms with E-state index in [-0.39, 0.29) is 22.6 Å². The number of hydrogen-bond acceptors (Lipinski definition) is 11. The Morgan fingerprint density at radius 3 is 2.24 bits per heavy atom. The van der Waals surface area contributed by atoms with Crippen LogP contribution in [0.4, 0.5) is 0 Å². The Labute approximate surface area is 284 Å². The maximum atomic E-state index is 14.4. The molecule has 0 amide bonds. The number of ether oxygens (including phenoxy) is 5. The van der Waals surface area contributed by atoms with Gasteiger partial charge < -0.3 is 23.7 Å². The van der Waals surface area contributed by atoms with Gasteiger partial charge in [0.1, 0.15) is 5.69 Å². The van der Waals surface area contributed by atoms with Crippen molar-refractivity contribution in [2.75, 3.05) is 28.4 Å². The Hall–Kier alpha value is -5.95. The molecular weight excluding hydrogens is 648 g/mol. The highest BCUT2D eigenvalue weighted by Gasteiger charge is 2.34. The number of rotatable bonds is 9. The summed E-state index contributed by atoms with van der Waals surface area (Å²) in [6.07, 6.45) is 3.61. The summed E-state index contributed by atoms with van der Waals surface area (Å²) in [7, 11) is 5.84. The molecule has 1 aliphatic rings. The van der Waals surface area contributed by atoms with Gasteiger partial charge in [0.05, 0.1) is 56.0 Å². The minimum atomic E-state index is -0.913. The van der Waals surface area contributed by atoms with E-state index in [9.17, 15) is 14.4 Å². The molecule has 6 rings (SSSR count). The van der Waals surface area contributed by atoms with E-state index in [1.54, 1.807) is 56.2 Å². The molecule has 0 aliphatic carbocycles. The zero-order valence-corrected chi connectivity index (χ0v) is 28.4. The first kappa shape index (κ1) is 33.0. The molecule has 13 heteroatoms. The van der Waals surface area contributed by atoms with Gasteiger partial charge in [-0.3, -0.25) is 14.2 Å². The topological polar surface area (TPSA) is 132 Å². The number of nitrogens with zero attached hydrogens (tertiary/aromatic N) is 4. The van der Waals surface area contributed by atoms with E-state index < -0.39 is 18.0 Å². The lowest BCUT2D eigenvalue weighted by Gasteiger charge is -2.25. The number of aromatic nitrogens is 3. The fourth-order valence-electron chi connectivity index (χ4n) is 5.66. The van der Waals surface area contributed by atoms with E-state index in [1.807, 2.05) is 48.7 Å². The lowest BCUT2D eigenvalue weighted by Crippen LogP contribution is -2.39. The summed E-state index contributed by atoms with van der Waals surface area (Å²) in [4.78, 5) is 44.3. The number of esters is 2. The second-order valence-electron chi connectivity index (χ2n) is 10.9. The van der Waals surface area contributed by atoms with Gasteiger partial charge in [-0.2, -0.15) is 5.10 Å². The van der Waals surface area contributed by atoms with Gasteiger partial charge in [-0.15, -0.1) is 0 Å². The summed E-state index contributed by atoms with van der Waals surface area (Å²) in [6, 6.07) is 19.1. The second-order valence-corrected chi connectivity index (χ2v) is 11.9. The normalized spacial score (nSPS) is 14.2. The van der Waals surface area contributed by atoms with Crippen molar-refractivity contribution in [3.8, 4) is 39.9 Å². The largest absolute Gasteiger partial charge is 0.493 e. The Kier molecular flexibility index (Phi) is 9.18. The molecule has 49 heavy (non-hydrogen) atoms. The van der Waals surface area contributed by atoms with Gasteiger partial charge in [0.2, 0.25) is 0 Å². The molecule has 3 aromatic carbocycles. The fourth-order valence-corrected chi connectivity index (χ4v) is 6.69. The highest BCUT2D eigenvalue weighted by Crippen LogP contribution is 2.37. The molecule has 0 saturated carbocycles. The molecule has 12 nitrogen and oxygen atoms in total. The number of methoxy groups -OCH3 is 4. The summed E-state index contributed by atoms with van der Waals surface area (Å²) in [6.45, 7) is 2.98. The van der Waals surface area contributed by atoms with E-state index in [2.05, 4.69) is 4.99 Å². The Balaban J connectivity index is 1.56. The summed E-state index contributed by atoms with van der Waals surface area (Å²) in [5.41, 5.74) is 3.57. The zero-order valence-electron chi connectivity index (χ0n) is 27.5. The highest BCUT2D eigenvalue weighted by molar-refractivity contribution is 7.07. The van der Waals surface area contributed by atoms with E-state index in [0.717, 1.165) is 11.3 Å². The third kappa shape index (κ3) is 6.23. The van der Waals surface area contributed by atoms with E-state index in [0.29, 0.717) is 43.4 Å². The molecule has 250 valence electrons. The van der Waals surface area contributed by atoms with Crippen LogP contribution in [0.25, 0.3) is 23.0 Å². The number of carbonyl (C=O) groups excluding carboxylic acids is 2. The van der Waals surface area contributed by atoms with Crippen LogP contribution in [0.1, 0.15) is 31.0 Å². The van der Waals surface area contributed by atoms with Crippen molar-refractivity contribution < 1.29 is 33.3 Å². The number of carbonyl (C=O) groups is 2. The Bertz CT molecular complexity index is 2300. The van der Waals surface area contributed by atoms with Crippen LogP contribution in [-0.4, -0.2) is 54.7 Å². The highest BCUT2D eigenvalue weighted by atomic mass is 32.1. The van der Waals surface area contributed by atoms with Crippen LogP contribution in [0.5, 0.6) is 23.0 Å². The van der Waals surface area contributed by atoms with Crippen LogP contribution >= 0.6 is 11.3 Å². The van der Waals surface area contributed by atoms with Crippen molar-refractivity contribution in [1.29, 1.82) is 0 Å². The van der Waals surface area contributed by atoms with Crippen molar-refractivity contribution in [2.24, 2.45) is 4.99 Å². The molecule has 0 radical (unpaired) electrons. The molecule has 0 bridgehead atoms. The molecule has 0 fully saturated rings. The van der Waals surface area contributed by atoms with Crippen molar-refractivity contribution in [3.63, 3.8) is 0 Å². The van der Waals surface area contributed by atoms with Gasteiger partial charge in [0.15, 0.2) is 27.8 Å². The minimum absolute atomic E-state index is 0.187.